The van der Waals surface area contributed by atoms with Gasteiger partial charge in [-0.3, -0.25) is 9.59 Å². The van der Waals surface area contributed by atoms with Gasteiger partial charge >= 0.3 is 5.97 Å². The normalized spacial score (nSPS) is 10.0. The Bertz CT molecular complexity index is 457. The summed E-state index contributed by atoms with van der Waals surface area (Å²) in [7, 11) is 1.57. The molecule has 1 aromatic carbocycles. The van der Waals surface area contributed by atoms with E-state index in [1.54, 1.807) is 19.2 Å². The molecule has 0 saturated carbocycles. The molecule has 0 spiro atoms. The lowest BCUT2D eigenvalue weighted by Gasteiger charge is -2.08. The Labute approximate surface area is 112 Å². The highest BCUT2D eigenvalue weighted by Crippen LogP contribution is 2.18. The maximum absolute atomic E-state index is 11.8. The van der Waals surface area contributed by atoms with Crippen LogP contribution >= 0.6 is 0 Å². The van der Waals surface area contributed by atoms with Gasteiger partial charge < -0.3 is 15.2 Å². The summed E-state index contributed by atoms with van der Waals surface area (Å²) < 4.78 is 5.16. The molecule has 1 amide bonds. The fraction of sp³-hybridized carbons (Fsp3) is 0.429. The summed E-state index contributed by atoms with van der Waals surface area (Å²) in [6, 6.07) is 5.27. The van der Waals surface area contributed by atoms with E-state index in [2.05, 4.69) is 5.32 Å². The van der Waals surface area contributed by atoms with Gasteiger partial charge in [-0.2, -0.15) is 0 Å². The Morgan fingerprint density at radius 1 is 1.32 bits per heavy atom. The van der Waals surface area contributed by atoms with Crippen molar-refractivity contribution in [3.05, 3.63) is 29.3 Å². The van der Waals surface area contributed by atoms with Crippen LogP contribution < -0.4 is 10.1 Å². The van der Waals surface area contributed by atoms with E-state index in [1.165, 1.54) is 0 Å². The molecule has 2 N–H and O–H groups in total. The standard InChI is InChI=1S/C14H19NO4/c1-10-6-7-11(9-12(10)19-2)14(18)15-8-4-3-5-13(16)17/h6-7,9H,3-5,8H2,1-2H3,(H,15,18)(H,16,17). The first-order valence-corrected chi connectivity index (χ1v) is 6.19. The van der Waals surface area contributed by atoms with Gasteiger partial charge in [-0.25, -0.2) is 0 Å². The Morgan fingerprint density at radius 3 is 2.68 bits per heavy atom. The Kier molecular flexibility index (Phi) is 5.85. The lowest BCUT2D eigenvalue weighted by molar-refractivity contribution is -0.137. The first-order valence-electron chi connectivity index (χ1n) is 6.19. The van der Waals surface area contributed by atoms with Gasteiger partial charge in [0.2, 0.25) is 0 Å². The van der Waals surface area contributed by atoms with Crippen LogP contribution in [0.15, 0.2) is 18.2 Å². The number of rotatable bonds is 7. The predicted molar refractivity (Wildman–Crippen MR) is 71.6 cm³/mol. The maximum Gasteiger partial charge on any atom is 0.303 e. The van der Waals surface area contributed by atoms with E-state index >= 15 is 0 Å². The molecule has 1 aromatic rings. The minimum Gasteiger partial charge on any atom is -0.496 e. The van der Waals surface area contributed by atoms with Crippen LogP contribution in [0.3, 0.4) is 0 Å². The van der Waals surface area contributed by atoms with Crippen molar-refractivity contribution in [2.75, 3.05) is 13.7 Å². The van der Waals surface area contributed by atoms with Crippen molar-refractivity contribution in [2.45, 2.75) is 26.2 Å². The number of hydrogen-bond acceptors (Lipinski definition) is 3. The molecule has 0 bridgehead atoms. The molecule has 0 saturated heterocycles. The van der Waals surface area contributed by atoms with Gasteiger partial charge in [0.15, 0.2) is 0 Å². The van der Waals surface area contributed by atoms with Crippen molar-refractivity contribution in [1.82, 2.24) is 5.32 Å². The zero-order valence-corrected chi connectivity index (χ0v) is 11.2. The molecule has 0 aromatic heterocycles. The molecule has 0 radical (unpaired) electrons. The molecule has 0 aliphatic rings. The number of amides is 1. The van der Waals surface area contributed by atoms with Crippen molar-refractivity contribution >= 4 is 11.9 Å². The van der Waals surface area contributed by atoms with Gasteiger partial charge in [0.05, 0.1) is 7.11 Å². The Balaban J connectivity index is 2.43. The van der Waals surface area contributed by atoms with E-state index in [0.29, 0.717) is 30.7 Å². The topological polar surface area (TPSA) is 75.6 Å². The van der Waals surface area contributed by atoms with Crippen LogP contribution in [0.1, 0.15) is 35.2 Å². The largest absolute Gasteiger partial charge is 0.496 e. The number of ether oxygens (including phenoxy) is 1. The van der Waals surface area contributed by atoms with E-state index in [-0.39, 0.29) is 12.3 Å². The molecule has 5 heteroatoms. The monoisotopic (exact) mass is 265 g/mol. The number of aryl methyl sites for hydroxylation is 1. The minimum absolute atomic E-state index is 0.133. The number of unbranched alkanes of at least 4 members (excludes halogenated alkanes) is 1. The summed E-state index contributed by atoms with van der Waals surface area (Å²) in [5.41, 5.74) is 1.51. The molecule has 0 aliphatic heterocycles. The summed E-state index contributed by atoms with van der Waals surface area (Å²) in [5.74, 6) is -0.304. The van der Waals surface area contributed by atoms with Crippen molar-refractivity contribution in [3.63, 3.8) is 0 Å². The number of aliphatic carboxylic acids is 1. The number of hydrogen-bond donors (Lipinski definition) is 2. The van der Waals surface area contributed by atoms with Gasteiger partial charge in [0, 0.05) is 18.5 Å². The van der Waals surface area contributed by atoms with Gasteiger partial charge in [-0.05, 0) is 37.5 Å². The molecule has 104 valence electrons. The van der Waals surface area contributed by atoms with Crippen LogP contribution in [0.4, 0.5) is 0 Å². The number of carboxylic acid groups (broad SMARTS) is 1. The summed E-state index contributed by atoms with van der Waals surface area (Å²) in [4.78, 5) is 22.2. The second-order valence-corrected chi connectivity index (χ2v) is 4.29. The third-order valence-electron chi connectivity index (χ3n) is 2.77. The highest BCUT2D eigenvalue weighted by atomic mass is 16.5. The molecule has 5 nitrogen and oxygen atoms in total. The maximum atomic E-state index is 11.8. The number of benzene rings is 1. The van der Waals surface area contributed by atoms with E-state index in [4.69, 9.17) is 9.84 Å². The van der Waals surface area contributed by atoms with E-state index in [1.807, 2.05) is 13.0 Å². The molecule has 1 rings (SSSR count). The van der Waals surface area contributed by atoms with Crippen LogP contribution in [0.2, 0.25) is 0 Å². The lowest BCUT2D eigenvalue weighted by Crippen LogP contribution is -2.24. The van der Waals surface area contributed by atoms with Crippen LogP contribution in [0.5, 0.6) is 5.75 Å². The molecule has 0 heterocycles. The predicted octanol–water partition coefficient (Wildman–Crippen LogP) is 1.99. The van der Waals surface area contributed by atoms with Crippen molar-refractivity contribution < 1.29 is 19.4 Å². The van der Waals surface area contributed by atoms with Crippen molar-refractivity contribution in [3.8, 4) is 5.75 Å². The van der Waals surface area contributed by atoms with Gasteiger partial charge in [0.25, 0.3) is 5.91 Å². The molecule has 0 fully saturated rings. The first kappa shape index (κ1) is 15.0. The van der Waals surface area contributed by atoms with Crippen LogP contribution in [0, 0.1) is 6.92 Å². The second kappa shape index (κ2) is 7.41. The third kappa shape index (κ3) is 4.99. The zero-order chi connectivity index (χ0) is 14.3. The Morgan fingerprint density at radius 2 is 2.05 bits per heavy atom. The minimum atomic E-state index is -0.811. The number of carbonyl (C=O) groups is 2. The highest BCUT2D eigenvalue weighted by Gasteiger charge is 2.07. The smallest absolute Gasteiger partial charge is 0.303 e. The summed E-state index contributed by atoms with van der Waals surface area (Å²) in [6.45, 7) is 2.38. The van der Waals surface area contributed by atoms with E-state index < -0.39 is 5.97 Å². The molecular formula is C14H19NO4. The first-order chi connectivity index (χ1) is 9.04. The van der Waals surface area contributed by atoms with E-state index in [9.17, 15) is 9.59 Å². The van der Waals surface area contributed by atoms with Crippen molar-refractivity contribution in [1.29, 1.82) is 0 Å². The zero-order valence-electron chi connectivity index (χ0n) is 11.2. The summed E-state index contributed by atoms with van der Waals surface area (Å²) >= 11 is 0. The van der Waals surface area contributed by atoms with Crippen LogP contribution in [-0.2, 0) is 4.79 Å². The third-order valence-corrected chi connectivity index (χ3v) is 2.77. The van der Waals surface area contributed by atoms with Crippen LogP contribution in [-0.4, -0.2) is 30.6 Å². The number of methoxy groups -OCH3 is 1. The average molecular weight is 265 g/mol. The molecule has 0 aliphatic carbocycles. The molecule has 0 unspecified atom stereocenters. The van der Waals surface area contributed by atoms with Crippen molar-refractivity contribution in [2.24, 2.45) is 0 Å². The van der Waals surface area contributed by atoms with Gasteiger partial charge in [-0.1, -0.05) is 6.07 Å². The van der Waals surface area contributed by atoms with Gasteiger partial charge in [-0.15, -0.1) is 0 Å². The summed E-state index contributed by atoms with van der Waals surface area (Å²) in [5, 5.41) is 11.2. The molecular weight excluding hydrogens is 246 g/mol. The lowest BCUT2D eigenvalue weighted by atomic mass is 10.1. The number of nitrogens with one attached hydrogen (secondary N) is 1. The van der Waals surface area contributed by atoms with E-state index in [0.717, 1.165) is 5.56 Å². The summed E-state index contributed by atoms with van der Waals surface area (Å²) in [6.07, 6.45) is 1.35. The average Bonchev–Trinajstić information content (AvgIpc) is 2.38. The quantitative estimate of drug-likeness (QED) is 0.739. The number of carbonyl (C=O) groups excluding carboxylic acids is 1. The molecule has 19 heavy (non-hydrogen) atoms. The SMILES string of the molecule is COc1cc(C(=O)NCCCCC(=O)O)ccc1C. The van der Waals surface area contributed by atoms with Crippen LogP contribution in [0.25, 0.3) is 0 Å². The second-order valence-electron chi connectivity index (χ2n) is 4.29. The van der Waals surface area contributed by atoms with Gasteiger partial charge in [0.1, 0.15) is 5.75 Å². The molecule has 0 atom stereocenters. The highest BCUT2D eigenvalue weighted by molar-refractivity contribution is 5.94. The fourth-order valence-corrected chi connectivity index (χ4v) is 1.67. The number of carboxylic acids is 1. The fourth-order valence-electron chi connectivity index (χ4n) is 1.67. The Hall–Kier alpha value is -2.04.